The van der Waals surface area contributed by atoms with Gasteiger partial charge in [-0.1, -0.05) is 36.4 Å². The van der Waals surface area contributed by atoms with Gasteiger partial charge in [0.2, 0.25) is 0 Å². The maximum atomic E-state index is 12.2. The van der Waals surface area contributed by atoms with Crippen molar-refractivity contribution in [2.24, 2.45) is 0 Å². The number of benzene rings is 3. The van der Waals surface area contributed by atoms with Gasteiger partial charge in [0, 0.05) is 17.9 Å². The third-order valence-corrected chi connectivity index (χ3v) is 6.45. The minimum absolute atomic E-state index is 0.155. The SMILES string of the molecule is Cc1nc2cc(-c3ccc(NC(=O)NCCCN4CCCC4)cc3)ccc2n1-c1ccccc1. The minimum atomic E-state index is -0.155. The lowest BCUT2D eigenvalue weighted by atomic mass is 10.0. The van der Waals surface area contributed by atoms with Gasteiger partial charge in [0.15, 0.2) is 0 Å². The number of anilines is 1. The fourth-order valence-electron chi connectivity index (χ4n) is 4.72. The molecule has 0 saturated carbocycles. The number of nitrogens with zero attached hydrogens (tertiary/aromatic N) is 3. The van der Waals surface area contributed by atoms with E-state index in [4.69, 9.17) is 4.98 Å². The Morgan fingerprint density at radius 1 is 0.941 bits per heavy atom. The van der Waals surface area contributed by atoms with E-state index in [1.807, 2.05) is 49.4 Å². The first-order chi connectivity index (χ1) is 16.7. The van der Waals surface area contributed by atoms with Crippen molar-refractivity contribution in [1.29, 1.82) is 0 Å². The van der Waals surface area contributed by atoms with Crippen LogP contribution in [0, 0.1) is 6.92 Å². The highest BCUT2D eigenvalue weighted by Crippen LogP contribution is 2.28. The second kappa shape index (κ2) is 10.1. The number of carbonyl (C=O) groups is 1. The van der Waals surface area contributed by atoms with Crippen LogP contribution in [0.5, 0.6) is 0 Å². The number of carbonyl (C=O) groups excluding carboxylic acids is 1. The number of aryl methyl sites for hydroxylation is 1. The first kappa shape index (κ1) is 22.2. The molecule has 34 heavy (non-hydrogen) atoms. The Kier molecular flexibility index (Phi) is 6.58. The number of fused-ring (bicyclic) bond motifs is 1. The molecule has 5 rings (SSSR count). The quantitative estimate of drug-likeness (QED) is 0.358. The van der Waals surface area contributed by atoms with Gasteiger partial charge in [-0.25, -0.2) is 9.78 Å². The first-order valence-electron chi connectivity index (χ1n) is 12.1. The zero-order chi connectivity index (χ0) is 23.3. The standard InChI is InChI=1S/C28H31N5O/c1-21-30-26-20-23(12-15-27(26)33(21)25-8-3-2-4-9-25)22-10-13-24(14-11-22)31-28(34)29-16-7-19-32-17-5-6-18-32/h2-4,8-15,20H,5-7,16-19H2,1H3,(H2,29,31,34). The first-order valence-corrected chi connectivity index (χ1v) is 12.1. The van der Waals surface area contributed by atoms with Gasteiger partial charge >= 0.3 is 6.03 Å². The number of hydrogen-bond acceptors (Lipinski definition) is 3. The Morgan fingerprint density at radius 2 is 1.68 bits per heavy atom. The molecule has 2 N–H and O–H groups in total. The topological polar surface area (TPSA) is 62.2 Å². The fourth-order valence-corrected chi connectivity index (χ4v) is 4.72. The predicted octanol–water partition coefficient (Wildman–Crippen LogP) is 5.61. The molecule has 2 amide bonds. The highest BCUT2D eigenvalue weighted by molar-refractivity contribution is 5.90. The molecule has 6 nitrogen and oxygen atoms in total. The van der Waals surface area contributed by atoms with E-state index in [1.165, 1.54) is 25.9 Å². The molecule has 2 heterocycles. The molecule has 1 saturated heterocycles. The van der Waals surface area contributed by atoms with E-state index in [1.54, 1.807) is 0 Å². The van der Waals surface area contributed by atoms with E-state index in [-0.39, 0.29) is 6.03 Å². The lowest BCUT2D eigenvalue weighted by Gasteiger charge is -2.14. The number of likely N-dealkylation sites (tertiary alicyclic amines) is 1. The number of imidazole rings is 1. The number of urea groups is 1. The van der Waals surface area contributed by atoms with Crippen LogP contribution in [-0.4, -0.2) is 46.7 Å². The van der Waals surface area contributed by atoms with Crippen molar-refractivity contribution in [3.8, 4) is 16.8 Å². The predicted molar refractivity (Wildman–Crippen MR) is 139 cm³/mol. The van der Waals surface area contributed by atoms with Gasteiger partial charge in [0.25, 0.3) is 0 Å². The minimum Gasteiger partial charge on any atom is -0.338 e. The Morgan fingerprint density at radius 3 is 2.44 bits per heavy atom. The van der Waals surface area contributed by atoms with E-state index in [0.717, 1.165) is 52.3 Å². The van der Waals surface area contributed by atoms with Gasteiger partial charge in [0.05, 0.1) is 11.0 Å². The van der Waals surface area contributed by atoms with E-state index in [2.05, 4.69) is 50.4 Å². The molecule has 3 aromatic carbocycles. The highest BCUT2D eigenvalue weighted by atomic mass is 16.2. The van der Waals surface area contributed by atoms with Crippen LogP contribution < -0.4 is 10.6 Å². The van der Waals surface area contributed by atoms with E-state index >= 15 is 0 Å². The zero-order valence-electron chi connectivity index (χ0n) is 19.6. The summed E-state index contributed by atoms with van der Waals surface area (Å²) in [6.45, 7) is 6.17. The summed E-state index contributed by atoms with van der Waals surface area (Å²) in [5, 5.41) is 5.88. The fraction of sp³-hybridized carbons (Fsp3) is 0.286. The van der Waals surface area contributed by atoms with Crippen molar-refractivity contribution >= 4 is 22.8 Å². The summed E-state index contributed by atoms with van der Waals surface area (Å²) in [6.07, 6.45) is 3.58. The second-order valence-electron chi connectivity index (χ2n) is 8.89. The average molecular weight is 454 g/mol. The van der Waals surface area contributed by atoms with Crippen molar-refractivity contribution in [3.63, 3.8) is 0 Å². The molecule has 1 aliphatic rings. The molecular weight excluding hydrogens is 422 g/mol. The van der Waals surface area contributed by atoms with Crippen LogP contribution in [0.3, 0.4) is 0 Å². The number of hydrogen-bond donors (Lipinski definition) is 2. The molecule has 1 fully saturated rings. The zero-order valence-corrected chi connectivity index (χ0v) is 19.6. The lowest BCUT2D eigenvalue weighted by Crippen LogP contribution is -2.31. The van der Waals surface area contributed by atoms with Gasteiger partial charge in [-0.2, -0.15) is 0 Å². The summed E-state index contributed by atoms with van der Waals surface area (Å²) < 4.78 is 2.18. The summed E-state index contributed by atoms with van der Waals surface area (Å²) in [7, 11) is 0. The van der Waals surface area contributed by atoms with Crippen LogP contribution in [0.2, 0.25) is 0 Å². The molecule has 4 aromatic rings. The van der Waals surface area contributed by atoms with Crippen molar-refractivity contribution in [3.05, 3.63) is 78.6 Å². The largest absolute Gasteiger partial charge is 0.338 e. The molecule has 6 heteroatoms. The van der Waals surface area contributed by atoms with Gasteiger partial charge in [-0.3, -0.25) is 4.57 Å². The van der Waals surface area contributed by atoms with Gasteiger partial charge in [-0.05, 0) is 93.3 Å². The maximum Gasteiger partial charge on any atom is 0.319 e. The molecule has 0 spiro atoms. The van der Waals surface area contributed by atoms with E-state index in [9.17, 15) is 4.79 Å². The van der Waals surface area contributed by atoms with E-state index < -0.39 is 0 Å². The Labute approximate surface area is 200 Å². The molecule has 0 atom stereocenters. The van der Waals surface area contributed by atoms with Gasteiger partial charge in [-0.15, -0.1) is 0 Å². The smallest absolute Gasteiger partial charge is 0.319 e. The summed E-state index contributed by atoms with van der Waals surface area (Å²) >= 11 is 0. The molecule has 0 radical (unpaired) electrons. The third kappa shape index (κ3) is 4.97. The van der Waals surface area contributed by atoms with Crippen molar-refractivity contribution in [2.45, 2.75) is 26.2 Å². The normalized spacial score (nSPS) is 13.9. The van der Waals surface area contributed by atoms with Crippen LogP contribution >= 0.6 is 0 Å². The number of para-hydroxylation sites is 1. The van der Waals surface area contributed by atoms with Gasteiger partial charge < -0.3 is 15.5 Å². The van der Waals surface area contributed by atoms with E-state index in [0.29, 0.717) is 6.54 Å². The van der Waals surface area contributed by atoms with Crippen LogP contribution in [0.15, 0.2) is 72.8 Å². The molecule has 174 valence electrons. The number of amides is 2. The second-order valence-corrected chi connectivity index (χ2v) is 8.89. The summed E-state index contributed by atoms with van der Waals surface area (Å²) in [6, 6.07) is 24.5. The summed E-state index contributed by atoms with van der Waals surface area (Å²) in [4.78, 5) is 19.5. The van der Waals surface area contributed by atoms with Crippen LogP contribution in [0.25, 0.3) is 27.8 Å². The van der Waals surface area contributed by atoms with Crippen LogP contribution in [0.1, 0.15) is 25.1 Å². The Bertz CT molecular complexity index is 1260. The molecule has 0 bridgehead atoms. The van der Waals surface area contributed by atoms with Crippen molar-refractivity contribution in [1.82, 2.24) is 19.8 Å². The Hall–Kier alpha value is -3.64. The monoisotopic (exact) mass is 453 g/mol. The van der Waals surface area contributed by atoms with Gasteiger partial charge in [0.1, 0.15) is 5.82 Å². The molecule has 0 unspecified atom stereocenters. The molecule has 1 aliphatic heterocycles. The molecular formula is C28H31N5O. The highest BCUT2D eigenvalue weighted by Gasteiger charge is 2.12. The summed E-state index contributed by atoms with van der Waals surface area (Å²) in [5.41, 5.74) is 6.14. The maximum absolute atomic E-state index is 12.2. The molecule has 1 aromatic heterocycles. The van der Waals surface area contributed by atoms with Crippen molar-refractivity contribution < 1.29 is 4.79 Å². The molecule has 0 aliphatic carbocycles. The van der Waals surface area contributed by atoms with Crippen LogP contribution in [0.4, 0.5) is 10.5 Å². The number of nitrogens with one attached hydrogen (secondary N) is 2. The lowest BCUT2D eigenvalue weighted by molar-refractivity contribution is 0.251. The third-order valence-electron chi connectivity index (χ3n) is 6.45. The van der Waals surface area contributed by atoms with Crippen molar-refractivity contribution in [2.75, 3.05) is 31.5 Å². The summed E-state index contributed by atoms with van der Waals surface area (Å²) in [5.74, 6) is 0.962. The van der Waals surface area contributed by atoms with Crippen LogP contribution in [-0.2, 0) is 0 Å². The number of rotatable bonds is 7. The Balaban J connectivity index is 1.21. The average Bonchev–Trinajstić information content (AvgIpc) is 3.49. The number of aromatic nitrogens is 2.